The fourth-order valence-corrected chi connectivity index (χ4v) is 1.56. The molecule has 0 aliphatic rings. The Morgan fingerprint density at radius 2 is 2.00 bits per heavy atom. The van der Waals surface area contributed by atoms with Gasteiger partial charge < -0.3 is 16.4 Å². The molecule has 0 radical (unpaired) electrons. The number of carbonyl (C=O) groups excluding carboxylic acids is 1. The van der Waals surface area contributed by atoms with E-state index in [0.29, 0.717) is 5.69 Å². The van der Waals surface area contributed by atoms with Gasteiger partial charge in [0.15, 0.2) is 0 Å². The van der Waals surface area contributed by atoms with E-state index < -0.39 is 0 Å². The molecule has 0 spiro atoms. The number of anilines is 2. The first kappa shape index (κ1) is 13.4. The Morgan fingerprint density at radius 3 is 2.53 bits per heavy atom. The van der Waals surface area contributed by atoms with Gasteiger partial charge in [-0.05, 0) is 39.3 Å². The molecule has 0 bridgehead atoms. The van der Waals surface area contributed by atoms with Crippen molar-refractivity contribution in [2.24, 2.45) is 0 Å². The number of benzene rings is 1. The molecule has 0 heterocycles. The number of hydrogen-bond acceptors (Lipinski definition) is 3. The Hall–Kier alpha value is -1.71. The van der Waals surface area contributed by atoms with Gasteiger partial charge in [0, 0.05) is 5.54 Å². The minimum atomic E-state index is -0.212. The van der Waals surface area contributed by atoms with Crippen LogP contribution in [0.4, 0.5) is 11.4 Å². The lowest BCUT2D eigenvalue weighted by Gasteiger charge is -2.21. The van der Waals surface area contributed by atoms with Crippen LogP contribution in [0, 0.1) is 6.92 Å². The van der Waals surface area contributed by atoms with Gasteiger partial charge in [-0.25, -0.2) is 0 Å². The first-order valence-electron chi connectivity index (χ1n) is 5.69. The van der Waals surface area contributed by atoms with Crippen molar-refractivity contribution in [1.82, 2.24) is 5.32 Å². The molecule has 0 aliphatic heterocycles. The molecule has 0 fully saturated rings. The van der Waals surface area contributed by atoms with Gasteiger partial charge in [-0.2, -0.15) is 0 Å². The van der Waals surface area contributed by atoms with E-state index in [-0.39, 0.29) is 18.0 Å². The van der Waals surface area contributed by atoms with Gasteiger partial charge in [-0.1, -0.05) is 12.1 Å². The lowest BCUT2D eigenvalue weighted by Crippen LogP contribution is -2.43. The van der Waals surface area contributed by atoms with Crippen LogP contribution in [0.25, 0.3) is 0 Å². The first-order valence-corrected chi connectivity index (χ1v) is 5.69. The van der Waals surface area contributed by atoms with E-state index in [1.165, 1.54) is 0 Å². The third kappa shape index (κ3) is 4.34. The van der Waals surface area contributed by atoms with Gasteiger partial charge in [0.05, 0.1) is 17.9 Å². The lowest BCUT2D eigenvalue weighted by molar-refractivity contribution is -0.120. The second kappa shape index (κ2) is 5.08. The van der Waals surface area contributed by atoms with Crippen LogP contribution in [0.5, 0.6) is 0 Å². The van der Waals surface area contributed by atoms with Crippen LogP contribution >= 0.6 is 0 Å². The van der Waals surface area contributed by atoms with Gasteiger partial charge in [-0.15, -0.1) is 0 Å². The zero-order valence-corrected chi connectivity index (χ0v) is 10.9. The monoisotopic (exact) mass is 235 g/mol. The Labute approximate surface area is 103 Å². The summed E-state index contributed by atoms with van der Waals surface area (Å²) in [5.41, 5.74) is 8.15. The maximum Gasteiger partial charge on any atom is 0.239 e. The van der Waals surface area contributed by atoms with Crippen LogP contribution in [0.3, 0.4) is 0 Å². The number of nitrogens with two attached hydrogens (primary N) is 1. The number of para-hydroxylation sites is 1. The number of nitrogens with one attached hydrogen (secondary N) is 2. The molecule has 1 aromatic rings. The zero-order valence-electron chi connectivity index (χ0n) is 10.9. The quantitative estimate of drug-likeness (QED) is 0.701. The molecule has 0 aromatic heterocycles. The molecule has 0 atom stereocenters. The molecular weight excluding hydrogens is 214 g/mol. The molecule has 94 valence electrons. The number of amides is 1. The van der Waals surface area contributed by atoms with Gasteiger partial charge in [0.2, 0.25) is 5.91 Å². The van der Waals surface area contributed by atoms with Crippen LogP contribution in [0.2, 0.25) is 0 Å². The van der Waals surface area contributed by atoms with E-state index >= 15 is 0 Å². The smallest absolute Gasteiger partial charge is 0.239 e. The summed E-state index contributed by atoms with van der Waals surface area (Å²) in [6, 6.07) is 5.67. The molecule has 1 amide bonds. The predicted molar refractivity (Wildman–Crippen MR) is 72.0 cm³/mol. The van der Waals surface area contributed by atoms with Crippen molar-refractivity contribution < 1.29 is 4.79 Å². The molecular formula is C13H21N3O. The summed E-state index contributed by atoms with van der Waals surface area (Å²) < 4.78 is 0. The molecule has 0 aliphatic carbocycles. The van der Waals surface area contributed by atoms with Crippen molar-refractivity contribution in [1.29, 1.82) is 0 Å². The van der Waals surface area contributed by atoms with Crippen LogP contribution in [-0.2, 0) is 4.79 Å². The lowest BCUT2D eigenvalue weighted by atomic mass is 10.1. The van der Waals surface area contributed by atoms with E-state index in [1.54, 1.807) is 0 Å². The normalized spacial score (nSPS) is 11.1. The summed E-state index contributed by atoms with van der Waals surface area (Å²) in [5.74, 6) is -0.0415. The minimum absolute atomic E-state index is 0.0415. The second-order valence-corrected chi connectivity index (χ2v) is 5.19. The molecule has 1 aromatic carbocycles. The highest BCUT2D eigenvalue weighted by molar-refractivity contribution is 5.83. The molecule has 0 unspecified atom stereocenters. The van der Waals surface area contributed by atoms with E-state index in [9.17, 15) is 4.79 Å². The molecule has 1 rings (SSSR count). The third-order valence-electron chi connectivity index (χ3n) is 2.25. The first-order chi connectivity index (χ1) is 7.79. The summed E-state index contributed by atoms with van der Waals surface area (Å²) in [6.45, 7) is 8.04. The molecule has 4 heteroatoms. The third-order valence-corrected chi connectivity index (χ3v) is 2.25. The average Bonchev–Trinajstić information content (AvgIpc) is 2.14. The number of rotatable bonds is 3. The second-order valence-electron chi connectivity index (χ2n) is 5.19. The van der Waals surface area contributed by atoms with Crippen molar-refractivity contribution in [3.8, 4) is 0 Å². The van der Waals surface area contributed by atoms with Crippen LogP contribution in [-0.4, -0.2) is 18.0 Å². The zero-order chi connectivity index (χ0) is 13.1. The largest absolute Gasteiger partial charge is 0.397 e. The molecule has 0 saturated carbocycles. The standard InChI is InChI=1S/C13H21N3O/c1-9-6-5-7-10(14)12(9)15-8-11(17)16-13(2,3)4/h5-7,15H,8,14H2,1-4H3,(H,16,17). The van der Waals surface area contributed by atoms with Crippen LogP contribution in [0.15, 0.2) is 18.2 Å². The van der Waals surface area contributed by atoms with Gasteiger partial charge in [0.1, 0.15) is 0 Å². The number of hydrogen-bond donors (Lipinski definition) is 3. The number of carbonyl (C=O) groups is 1. The highest BCUT2D eigenvalue weighted by Gasteiger charge is 2.13. The topological polar surface area (TPSA) is 67.1 Å². The summed E-state index contributed by atoms with van der Waals surface area (Å²) in [7, 11) is 0. The Kier molecular flexibility index (Phi) is 3.99. The fourth-order valence-electron chi connectivity index (χ4n) is 1.56. The summed E-state index contributed by atoms with van der Waals surface area (Å²) in [4.78, 5) is 11.6. The SMILES string of the molecule is Cc1cccc(N)c1NCC(=O)NC(C)(C)C. The summed E-state index contributed by atoms with van der Waals surface area (Å²) >= 11 is 0. The van der Waals surface area contributed by atoms with Crippen LogP contribution < -0.4 is 16.4 Å². The molecule has 0 saturated heterocycles. The van der Waals surface area contributed by atoms with Crippen molar-refractivity contribution in [2.45, 2.75) is 33.2 Å². The Bertz CT molecular complexity index is 387. The van der Waals surface area contributed by atoms with Crippen LogP contribution in [0.1, 0.15) is 26.3 Å². The number of nitrogen functional groups attached to an aromatic ring is 1. The fraction of sp³-hybridized carbons (Fsp3) is 0.462. The summed E-state index contributed by atoms with van der Waals surface area (Å²) in [5, 5.41) is 5.95. The maximum absolute atomic E-state index is 11.6. The van der Waals surface area contributed by atoms with E-state index in [1.807, 2.05) is 45.9 Å². The van der Waals surface area contributed by atoms with Crippen molar-refractivity contribution in [3.05, 3.63) is 23.8 Å². The van der Waals surface area contributed by atoms with E-state index in [2.05, 4.69) is 10.6 Å². The van der Waals surface area contributed by atoms with Gasteiger partial charge in [-0.3, -0.25) is 4.79 Å². The maximum atomic E-state index is 11.6. The van der Waals surface area contributed by atoms with Gasteiger partial charge >= 0.3 is 0 Å². The average molecular weight is 235 g/mol. The Balaban J connectivity index is 2.59. The molecule has 17 heavy (non-hydrogen) atoms. The highest BCUT2D eigenvalue weighted by atomic mass is 16.2. The van der Waals surface area contributed by atoms with Gasteiger partial charge in [0.25, 0.3) is 0 Å². The van der Waals surface area contributed by atoms with Crippen molar-refractivity contribution in [3.63, 3.8) is 0 Å². The minimum Gasteiger partial charge on any atom is -0.397 e. The summed E-state index contributed by atoms with van der Waals surface area (Å²) in [6.07, 6.45) is 0. The highest BCUT2D eigenvalue weighted by Crippen LogP contribution is 2.21. The van der Waals surface area contributed by atoms with E-state index in [0.717, 1.165) is 11.3 Å². The van der Waals surface area contributed by atoms with Crippen molar-refractivity contribution >= 4 is 17.3 Å². The molecule has 4 nitrogen and oxygen atoms in total. The van der Waals surface area contributed by atoms with E-state index in [4.69, 9.17) is 5.73 Å². The Morgan fingerprint density at radius 1 is 1.35 bits per heavy atom. The van der Waals surface area contributed by atoms with Crippen molar-refractivity contribution in [2.75, 3.05) is 17.6 Å². The predicted octanol–water partition coefficient (Wildman–Crippen LogP) is 1.90. The molecule has 4 N–H and O–H groups in total. The number of aryl methyl sites for hydroxylation is 1.